The number of morpholine rings is 1. The lowest BCUT2D eigenvalue weighted by Crippen LogP contribution is -2.45. The Bertz CT molecular complexity index is 401. The van der Waals surface area contributed by atoms with Gasteiger partial charge in [-0.3, -0.25) is 4.90 Å². The van der Waals surface area contributed by atoms with Crippen molar-refractivity contribution in [3.05, 3.63) is 34.6 Å². The van der Waals surface area contributed by atoms with Crippen molar-refractivity contribution in [1.29, 1.82) is 0 Å². The van der Waals surface area contributed by atoms with Gasteiger partial charge in [0.25, 0.3) is 0 Å². The second kappa shape index (κ2) is 6.48. The van der Waals surface area contributed by atoms with Gasteiger partial charge in [-0.05, 0) is 24.7 Å². The molecule has 0 spiro atoms. The number of hydrogen-bond donors (Lipinski definition) is 1. The van der Waals surface area contributed by atoms with Gasteiger partial charge in [0.15, 0.2) is 0 Å². The summed E-state index contributed by atoms with van der Waals surface area (Å²) in [6, 6.07) is 4.56. The van der Waals surface area contributed by atoms with Crippen LogP contribution in [0.4, 0.5) is 4.39 Å². The highest BCUT2D eigenvalue weighted by molar-refractivity contribution is 6.31. The summed E-state index contributed by atoms with van der Waals surface area (Å²) < 4.78 is 18.6. The lowest BCUT2D eigenvalue weighted by atomic mass is 10.2. The van der Waals surface area contributed by atoms with E-state index in [0.717, 1.165) is 38.3 Å². The Labute approximate surface area is 112 Å². The summed E-state index contributed by atoms with van der Waals surface area (Å²) in [7, 11) is 1.92. The van der Waals surface area contributed by atoms with Crippen LogP contribution < -0.4 is 5.32 Å². The van der Waals surface area contributed by atoms with Gasteiger partial charge in [0.05, 0.1) is 12.7 Å². The molecule has 1 heterocycles. The summed E-state index contributed by atoms with van der Waals surface area (Å²) in [6.45, 7) is 4.06. The van der Waals surface area contributed by atoms with Gasteiger partial charge < -0.3 is 10.1 Å². The molecule has 1 atom stereocenters. The highest BCUT2D eigenvalue weighted by Gasteiger charge is 2.20. The summed E-state index contributed by atoms with van der Waals surface area (Å²) in [5.41, 5.74) is 0.961. The average molecular weight is 273 g/mol. The number of hydrogen-bond acceptors (Lipinski definition) is 3. The third-order valence-corrected chi connectivity index (χ3v) is 3.42. The minimum atomic E-state index is -0.293. The first-order valence-electron chi connectivity index (χ1n) is 6.11. The van der Waals surface area contributed by atoms with Crippen LogP contribution in [-0.4, -0.2) is 44.3 Å². The molecule has 0 amide bonds. The molecule has 1 saturated heterocycles. The highest BCUT2D eigenvalue weighted by Crippen LogP contribution is 2.20. The van der Waals surface area contributed by atoms with E-state index in [0.29, 0.717) is 5.02 Å². The molecule has 1 fully saturated rings. The molecule has 0 aliphatic carbocycles. The molecule has 3 nitrogen and oxygen atoms in total. The first-order valence-corrected chi connectivity index (χ1v) is 6.49. The fourth-order valence-electron chi connectivity index (χ4n) is 2.17. The van der Waals surface area contributed by atoms with Crippen LogP contribution in [0.3, 0.4) is 0 Å². The van der Waals surface area contributed by atoms with Crippen molar-refractivity contribution in [2.24, 2.45) is 0 Å². The maximum atomic E-state index is 13.0. The van der Waals surface area contributed by atoms with Crippen molar-refractivity contribution < 1.29 is 9.13 Å². The van der Waals surface area contributed by atoms with Gasteiger partial charge in [0.2, 0.25) is 0 Å². The Morgan fingerprint density at radius 1 is 1.56 bits per heavy atom. The van der Waals surface area contributed by atoms with Crippen molar-refractivity contribution in [2.75, 3.05) is 33.3 Å². The minimum Gasteiger partial charge on any atom is -0.374 e. The molecule has 1 aromatic rings. The number of nitrogens with zero attached hydrogens (tertiary/aromatic N) is 1. The van der Waals surface area contributed by atoms with E-state index in [2.05, 4.69) is 10.2 Å². The van der Waals surface area contributed by atoms with Gasteiger partial charge >= 0.3 is 0 Å². The van der Waals surface area contributed by atoms with Crippen LogP contribution in [0.25, 0.3) is 0 Å². The van der Waals surface area contributed by atoms with E-state index in [1.54, 1.807) is 6.07 Å². The molecule has 0 aromatic heterocycles. The monoisotopic (exact) mass is 272 g/mol. The van der Waals surface area contributed by atoms with Crippen molar-refractivity contribution in [2.45, 2.75) is 12.6 Å². The second-order valence-electron chi connectivity index (χ2n) is 4.52. The molecule has 1 aliphatic heterocycles. The molecule has 18 heavy (non-hydrogen) atoms. The quantitative estimate of drug-likeness (QED) is 0.906. The Morgan fingerprint density at radius 2 is 2.39 bits per heavy atom. The van der Waals surface area contributed by atoms with Gasteiger partial charge in [0, 0.05) is 31.2 Å². The van der Waals surface area contributed by atoms with E-state index < -0.39 is 0 Å². The molecule has 0 bridgehead atoms. The van der Waals surface area contributed by atoms with Crippen molar-refractivity contribution in [3.63, 3.8) is 0 Å². The zero-order valence-corrected chi connectivity index (χ0v) is 11.2. The molecule has 1 unspecified atom stereocenters. The van der Waals surface area contributed by atoms with E-state index in [4.69, 9.17) is 16.3 Å². The smallest absolute Gasteiger partial charge is 0.124 e. The Morgan fingerprint density at radius 3 is 3.11 bits per heavy atom. The Kier molecular flexibility index (Phi) is 4.95. The SMILES string of the molecule is CNCC1CN(Cc2ccc(F)cc2Cl)CCO1. The number of benzene rings is 1. The zero-order valence-electron chi connectivity index (χ0n) is 10.5. The van der Waals surface area contributed by atoms with Crippen LogP contribution in [0.1, 0.15) is 5.56 Å². The molecule has 2 rings (SSSR count). The van der Waals surface area contributed by atoms with Crippen LogP contribution in [0.15, 0.2) is 18.2 Å². The largest absolute Gasteiger partial charge is 0.374 e. The molecule has 100 valence electrons. The average Bonchev–Trinajstić information content (AvgIpc) is 2.34. The van der Waals surface area contributed by atoms with Crippen molar-refractivity contribution >= 4 is 11.6 Å². The van der Waals surface area contributed by atoms with Gasteiger partial charge in [-0.1, -0.05) is 17.7 Å². The topological polar surface area (TPSA) is 24.5 Å². The lowest BCUT2D eigenvalue weighted by molar-refractivity contribution is -0.0291. The summed E-state index contributed by atoms with van der Waals surface area (Å²) in [4.78, 5) is 2.28. The maximum absolute atomic E-state index is 13.0. The predicted molar refractivity (Wildman–Crippen MR) is 70.4 cm³/mol. The number of ether oxygens (including phenoxy) is 1. The Balaban J connectivity index is 1.96. The standard InChI is InChI=1S/C13H18ClFN2O/c1-16-7-12-9-17(4-5-18-12)8-10-2-3-11(15)6-13(10)14/h2-3,6,12,16H,4-5,7-9H2,1H3. The molecule has 1 N–H and O–H groups in total. The summed E-state index contributed by atoms with van der Waals surface area (Å²) in [6.07, 6.45) is 0.211. The lowest BCUT2D eigenvalue weighted by Gasteiger charge is -2.33. The van der Waals surface area contributed by atoms with Crippen molar-refractivity contribution in [3.8, 4) is 0 Å². The summed E-state index contributed by atoms with van der Waals surface area (Å²) >= 11 is 6.04. The number of nitrogens with one attached hydrogen (secondary N) is 1. The highest BCUT2D eigenvalue weighted by atomic mass is 35.5. The molecular formula is C13H18ClFN2O. The third kappa shape index (κ3) is 3.65. The molecule has 1 aromatic carbocycles. The number of likely N-dealkylation sites (N-methyl/N-ethyl adjacent to an activating group) is 1. The van der Waals surface area contributed by atoms with E-state index in [1.807, 2.05) is 7.05 Å². The molecule has 0 saturated carbocycles. The number of rotatable bonds is 4. The third-order valence-electron chi connectivity index (χ3n) is 3.06. The predicted octanol–water partition coefficient (Wildman–Crippen LogP) is 1.90. The maximum Gasteiger partial charge on any atom is 0.124 e. The van der Waals surface area contributed by atoms with E-state index >= 15 is 0 Å². The summed E-state index contributed by atoms with van der Waals surface area (Å²) in [5, 5.41) is 3.61. The molecule has 1 aliphatic rings. The Hall–Kier alpha value is -0.680. The summed E-state index contributed by atoms with van der Waals surface area (Å²) in [5.74, 6) is -0.293. The van der Waals surface area contributed by atoms with Crippen LogP contribution in [0.5, 0.6) is 0 Å². The van der Waals surface area contributed by atoms with Crippen LogP contribution >= 0.6 is 11.6 Å². The van der Waals surface area contributed by atoms with Gasteiger partial charge in [-0.2, -0.15) is 0 Å². The zero-order chi connectivity index (χ0) is 13.0. The minimum absolute atomic E-state index is 0.211. The first kappa shape index (κ1) is 13.7. The van der Waals surface area contributed by atoms with Crippen LogP contribution in [0.2, 0.25) is 5.02 Å². The fraction of sp³-hybridized carbons (Fsp3) is 0.538. The second-order valence-corrected chi connectivity index (χ2v) is 4.93. The molecule has 0 radical (unpaired) electrons. The van der Waals surface area contributed by atoms with Crippen LogP contribution in [0, 0.1) is 5.82 Å². The van der Waals surface area contributed by atoms with E-state index in [9.17, 15) is 4.39 Å². The van der Waals surface area contributed by atoms with Gasteiger partial charge in [0.1, 0.15) is 5.82 Å². The normalized spacial score (nSPS) is 21.2. The first-order chi connectivity index (χ1) is 8.69. The molecular weight excluding hydrogens is 255 g/mol. The van der Waals surface area contributed by atoms with Gasteiger partial charge in [-0.25, -0.2) is 4.39 Å². The van der Waals surface area contributed by atoms with Crippen LogP contribution in [-0.2, 0) is 11.3 Å². The van der Waals surface area contributed by atoms with Gasteiger partial charge in [-0.15, -0.1) is 0 Å². The van der Waals surface area contributed by atoms with Crippen molar-refractivity contribution in [1.82, 2.24) is 10.2 Å². The molecule has 5 heteroatoms. The van der Waals surface area contributed by atoms with E-state index in [-0.39, 0.29) is 11.9 Å². The fourth-order valence-corrected chi connectivity index (χ4v) is 2.39. The van der Waals surface area contributed by atoms with E-state index in [1.165, 1.54) is 12.1 Å². The number of halogens is 2.